The number of carbonyl (C=O) groups excluding carboxylic acids is 1. The highest BCUT2D eigenvalue weighted by Crippen LogP contribution is 2.22. The van der Waals surface area contributed by atoms with E-state index in [4.69, 9.17) is 0 Å². The fourth-order valence-electron chi connectivity index (χ4n) is 1.83. The second-order valence-electron chi connectivity index (χ2n) is 4.63. The van der Waals surface area contributed by atoms with Crippen LogP contribution >= 0.6 is 11.3 Å². The van der Waals surface area contributed by atoms with Crippen LogP contribution in [0.4, 0.5) is 0 Å². The van der Waals surface area contributed by atoms with E-state index in [1.807, 2.05) is 38.1 Å². The van der Waals surface area contributed by atoms with Gasteiger partial charge in [-0.25, -0.2) is 4.98 Å². The van der Waals surface area contributed by atoms with Crippen LogP contribution < -0.4 is 5.32 Å². The van der Waals surface area contributed by atoms with Gasteiger partial charge in [-0.2, -0.15) is 0 Å². The maximum absolute atomic E-state index is 12.2. The predicted octanol–water partition coefficient (Wildman–Crippen LogP) is 2.23. The zero-order valence-electron chi connectivity index (χ0n) is 11.8. The average molecular weight is 290 g/mol. The molecule has 0 saturated carbocycles. The van der Waals surface area contributed by atoms with Crippen LogP contribution in [-0.4, -0.2) is 41.0 Å². The lowest BCUT2D eigenvalue weighted by molar-refractivity contribution is 0.0883. The molecule has 6 heteroatoms. The first kappa shape index (κ1) is 14.6. The summed E-state index contributed by atoms with van der Waals surface area (Å²) in [5.41, 5.74) is 1.44. The van der Waals surface area contributed by atoms with Crippen LogP contribution in [0.3, 0.4) is 0 Å². The fourth-order valence-corrected chi connectivity index (χ4v) is 2.63. The second-order valence-corrected chi connectivity index (χ2v) is 5.49. The summed E-state index contributed by atoms with van der Waals surface area (Å²) in [5.74, 6) is -0.137. The minimum absolute atomic E-state index is 0.0218. The fraction of sp³-hybridized carbons (Fsp3) is 0.357. The lowest BCUT2D eigenvalue weighted by Crippen LogP contribution is -2.44. The van der Waals surface area contributed by atoms with Crippen molar-refractivity contribution in [2.45, 2.75) is 19.5 Å². The summed E-state index contributed by atoms with van der Waals surface area (Å²) in [6.45, 7) is 2.04. The molecule has 1 amide bonds. The molecular weight excluding hydrogens is 272 g/mol. The Labute approximate surface area is 122 Å². The Balaban J connectivity index is 2.11. The van der Waals surface area contributed by atoms with E-state index < -0.39 is 0 Å². The number of hydrogen-bond donors (Lipinski definition) is 1. The van der Waals surface area contributed by atoms with E-state index in [2.05, 4.69) is 15.3 Å². The normalized spacial score (nSPS) is 12.4. The molecule has 0 radical (unpaired) electrons. The third kappa shape index (κ3) is 3.40. The highest BCUT2D eigenvalue weighted by atomic mass is 32.1. The van der Waals surface area contributed by atoms with Gasteiger partial charge in [0.2, 0.25) is 0 Å². The first-order valence-electron chi connectivity index (χ1n) is 6.45. The number of thiazole rings is 1. The standard InChI is InChI=1S/C14H18N4OS/c1-4-12(18(2)3)17-13(19)11-9-20-14(16-11)10-5-7-15-8-6-10/h5-9,12H,4H2,1-3H3,(H,17,19). The zero-order valence-corrected chi connectivity index (χ0v) is 12.6. The van der Waals surface area contributed by atoms with E-state index in [-0.39, 0.29) is 12.1 Å². The quantitative estimate of drug-likeness (QED) is 0.858. The summed E-state index contributed by atoms with van der Waals surface area (Å²) in [7, 11) is 3.88. The number of amides is 1. The van der Waals surface area contributed by atoms with Gasteiger partial charge in [-0.1, -0.05) is 6.92 Å². The summed E-state index contributed by atoms with van der Waals surface area (Å²) in [6, 6.07) is 3.77. The second kappa shape index (κ2) is 6.58. The maximum Gasteiger partial charge on any atom is 0.271 e. The molecule has 1 N–H and O–H groups in total. The number of nitrogens with one attached hydrogen (secondary N) is 1. The third-order valence-electron chi connectivity index (χ3n) is 2.97. The van der Waals surface area contributed by atoms with Crippen LogP contribution in [0.5, 0.6) is 0 Å². The van der Waals surface area contributed by atoms with Crippen LogP contribution in [0.25, 0.3) is 10.6 Å². The number of aromatic nitrogens is 2. The summed E-state index contributed by atoms with van der Waals surface area (Å²) in [4.78, 5) is 22.5. The number of carbonyl (C=O) groups is 1. The molecule has 5 nitrogen and oxygen atoms in total. The Bertz CT molecular complexity index is 568. The van der Waals surface area contributed by atoms with Crippen molar-refractivity contribution in [1.29, 1.82) is 0 Å². The lowest BCUT2D eigenvalue weighted by atomic mass is 10.3. The zero-order chi connectivity index (χ0) is 14.5. The van der Waals surface area contributed by atoms with Gasteiger partial charge in [0.15, 0.2) is 0 Å². The van der Waals surface area contributed by atoms with Crippen molar-refractivity contribution < 1.29 is 4.79 Å². The van der Waals surface area contributed by atoms with Crippen molar-refractivity contribution in [3.8, 4) is 10.6 Å². The van der Waals surface area contributed by atoms with E-state index in [1.54, 1.807) is 17.8 Å². The number of rotatable bonds is 5. The van der Waals surface area contributed by atoms with Gasteiger partial charge in [0.25, 0.3) is 5.91 Å². The highest BCUT2D eigenvalue weighted by Gasteiger charge is 2.16. The Kier molecular flexibility index (Phi) is 4.81. The number of pyridine rings is 1. The van der Waals surface area contributed by atoms with Gasteiger partial charge in [0.05, 0.1) is 6.17 Å². The first-order valence-corrected chi connectivity index (χ1v) is 7.33. The van der Waals surface area contributed by atoms with Gasteiger partial charge in [-0.05, 0) is 32.6 Å². The Hall–Kier alpha value is -1.79. The molecule has 0 aliphatic rings. The van der Waals surface area contributed by atoms with Crippen LogP contribution in [-0.2, 0) is 0 Å². The summed E-state index contributed by atoms with van der Waals surface area (Å²) in [6.07, 6.45) is 4.30. The summed E-state index contributed by atoms with van der Waals surface area (Å²) in [5, 5.41) is 5.58. The van der Waals surface area contributed by atoms with Gasteiger partial charge >= 0.3 is 0 Å². The van der Waals surface area contributed by atoms with Gasteiger partial charge in [0, 0.05) is 23.3 Å². The Morgan fingerprint density at radius 2 is 2.10 bits per heavy atom. The molecule has 2 aromatic rings. The highest BCUT2D eigenvalue weighted by molar-refractivity contribution is 7.13. The molecule has 1 unspecified atom stereocenters. The molecule has 2 rings (SSSR count). The van der Waals surface area contributed by atoms with Crippen molar-refractivity contribution >= 4 is 17.2 Å². The summed E-state index contributed by atoms with van der Waals surface area (Å²) < 4.78 is 0. The smallest absolute Gasteiger partial charge is 0.271 e. The van der Waals surface area contributed by atoms with Crippen LogP contribution in [0.15, 0.2) is 29.9 Å². The van der Waals surface area contributed by atoms with Gasteiger partial charge < -0.3 is 5.32 Å². The van der Waals surface area contributed by atoms with Gasteiger partial charge in [-0.3, -0.25) is 14.7 Å². The molecule has 106 valence electrons. The van der Waals surface area contributed by atoms with Crippen LogP contribution in [0, 0.1) is 0 Å². The van der Waals surface area contributed by atoms with E-state index >= 15 is 0 Å². The molecule has 0 spiro atoms. The lowest BCUT2D eigenvalue weighted by Gasteiger charge is -2.23. The number of hydrogen-bond acceptors (Lipinski definition) is 5. The number of nitrogens with zero attached hydrogens (tertiary/aromatic N) is 3. The van der Waals surface area contributed by atoms with Crippen LogP contribution in [0.1, 0.15) is 23.8 Å². The Morgan fingerprint density at radius 3 is 2.70 bits per heavy atom. The topological polar surface area (TPSA) is 58.1 Å². The van der Waals surface area contributed by atoms with E-state index in [0.717, 1.165) is 17.0 Å². The molecule has 20 heavy (non-hydrogen) atoms. The first-order chi connectivity index (χ1) is 9.61. The molecule has 0 saturated heterocycles. The van der Waals surface area contributed by atoms with Crippen molar-refractivity contribution in [2.75, 3.05) is 14.1 Å². The van der Waals surface area contributed by atoms with Crippen molar-refractivity contribution in [2.24, 2.45) is 0 Å². The van der Waals surface area contributed by atoms with Crippen molar-refractivity contribution in [3.05, 3.63) is 35.6 Å². The monoisotopic (exact) mass is 290 g/mol. The van der Waals surface area contributed by atoms with Crippen LogP contribution in [0.2, 0.25) is 0 Å². The SMILES string of the molecule is CCC(NC(=O)c1csc(-c2ccncc2)n1)N(C)C. The average Bonchev–Trinajstić information content (AvgIpc) is 2.95. The molecular formula is C14H18N4OS. The summed E-state index contributed by atoms with van der Waals surface area (Å²) >= 11 is 1.46. The predicted molar refractivity (Wildman–Crippen MR) is 80.6 cm³/mol. The molecule has 0 aliphatic heterocycles. The molecule has 0 fully saturated rings. The maximum atomic E-state index is 12.2. The molecule has 1 atom stereocenters. The minimum atomic E-state index is -0.137. The molecule has 2 heterocycles. The molecule has 0 aromatic carbocycles. The molecule has 0 bridgehead atoms. The molecule has 0 aliphatic carbocycles. The largest absolute Gasteiger partial charge is 0.335 e. The van der Waals surface area contributed by atoms with Gasteiger partial charge in [-0.15, -0.1) is 11.3 Å². The van der Waals surface area contributed by atoms with E-state index in [0.29, 0.717) is 5.69 Å². The third-order valence-corrected chi connectivity index (χ3v) is 3.86. The van der Waals surface area contributed by atoms with E-state index in [1.165, 1.54) is 11.3 Å². The van der Waals surface area contributed by atoms with Gasteiger partial charge in [0.1, 0.15) is 10.7 Å². The van der Waals surface area contributed by atoms with Crippen molar-refractivity contribution in [1.82, 2.24) is 20.2 Å². The van der Waals surface area contributed by atoms with Crippen molar-refractivity contribution in [3.63, 3.8) is 0 Å². The molecule has 2 aromatic heterocycles. The van der Waals surface area contributed by atoms with E-state index in [9.17, 15) is 4.79 Å². The minimum Gasteiger partial charge on any atom is -0.335 e. The Morgan fingerprint density at radius 1 is 1.40 bits per heavy atom.